The Morgan fingerprint density at radius 1 is 1.24 bits per heavy atom. The molecule has 0 radical (unpaired) electrons. The number of anilines is 1. The maximum Gasteiger partial charge on any atom is 0.206 e. The van der Waals surface area contributed by atoms with Gasteiger partial charge in [0, 0.05) is 18.3 Å². The highest BCUT2D eigenvalue weighted by Crippen LogP contribution is 2.25. The molecule has 92 valence electrons. The van der Waals surface area contributed by atoms with Crippen molar-refractivity contribution in [1.82, 2.24) is 20.0 Å². The number of rotatable bonds is 3. The molecule has 2 aromatic heterocycles. The molecule has 2 aromatic rings. The smallest absolute Gasteiger partial charge is 0.206 e. The third kappa shape index (κ3) is 2.31. The second-order valence-corrected chi connectivity index (χ2v) is 5.38. The summed E-state index contributed by atoms with van der Waals surface area (Å²) in [6.07, 6.45) is 0. The number of nitrogens with zero attached hydrogens (tertiary/aromatic N) is 4. The number of aryl methyl sites for hydroxylation is 3. The number of hydrogen-bond donors (Lipinski definition) is 1. The van der Waals surface area contributed by atoms with Crippen molar-refractivity contribution in [1.29, 1.82) is 0 Å². The molecule has 0 saturated carbocycles. The van der Waals surface area contributed by atoms with Gasteiger partial charge < -0.3 is 5.32 Å². The van der Waals surface area contributed by atoms with E-state index in [0.29, 0.717) is 0 Å². The van der Waals surface area contributed by atoms with E-state index in [2.05, 4.69) is 34.5 Å². The summed E-state index contributed by atoms with van der Waals surface area (Å²) in [5.41, 5.74) is 3.48. The monoisotopic (exact) mass is 251 g/mol. The summed E-state index contributed by atoms with van der Waals surface area (Å²) in [6, 6.07) is 0.191. The summed E-state index contributed by atoms with van der Waals surface area (Å²) < 4.78 is 1.91. The molecule has 2 rings (SSSR count). The van der Waals surface area contributed by atoms with Crippen molar-refractivity contribution in [3.8, 4) is 0 Å². The van der Waals surface area contributed by atoms with Crippen LogP contribution in [0.25, 0.3) is 0 Å². The zero-order valence-electron chi connectivity index (χ0n) is 10.8. The third-order valence-corrected chi connectivity index (χ3v) is 3.63. The van der Waals surface area contributed by atoms with Gasteiger partial charge in [-0.2, -0.15) is 5.10 Å². The standard InChI is InChI=1S/C11H17N5S/c1-6(12-11-14-13-9(4)17-11)10-7(2)15-16(5)8(10)3/h6H,1-5H3,(H,12,14). The molecule has 0 fully saturated rings. The van der Waals surface area contributed by atoms with Crippen LogP contribution in [-0.4, -0.2) is 20.0 Å². The van der Waals surface area contributed by atoms with Crippen LogP contribution in [-0.2, 0) is 7.05 Å². The molecule has 0 bridgehead atoms. The molecule has 2 heterocycles. The van der Waals surface area contributed by atoms with E-state index >= 15 is 0 Å². The Morgan fingerprint density at radius 2 is 1.94 bits per heavy atom. The van der Waals surface area contributed by atoms with Crippen molar-refractivity contribution in [2.45, 2.75) is 33.7 Å². The van der Waals surface area contributed by atoms with E-state index in [-0.39, 0.29) is 6.04 Å². The fourth-order valence-corrected chi connectivity index (χ4v) is 2.71. The van der Waals surface area contributed by atoms with Gasteiger partial charge in [0.15, 0.2) is 0 Å². The lowest BCUT2D eigenvalue weighted by atomic mass is 10.1. The zero-order valence-corrected chi connectivity index (χ0v) is 11.6. The van der Waals surface area contributed by atoms with Crippen LogP contribution >= 0.6 is 11.3 Å². The molecule has 0 aliphatic heterocycles. The van der Waals surface area contributed by atoms with Crippen LogP contribution in [0, 0.1) is 20.8 Å². The molecule has 1 unspecified atom stereocenters. The van der Waals surface area contributed by atoms with E-state index in [1.165, 1.54) is 11.3 Å². The van der Waals surface area contributed by atoms with E-state index in [1.807, 2.05) is 25.6 Å². The van der Waals surface area contributed by atoms with Crippen LogP contribution in [0.3, 0.4) is 0 Å². The maximum atomic E-state index is 4.42. The van der Waals surface area contributed by atoms with Gasteiger partial charge in [-0.1, -0.05) is 11.3 Å². The number of nitrogens with one attached hydrogen (secondary N) is 1. The second-order valence-electron chi connectivity index (χ2n) is 4.20. The average Bonchev–Trinajstić information content (AvgIpc) is 2.73. The van der Waals surface area contributed by atoms with Gasteiger partial charge in [0.05, 0.1) is 11.7 Å². The van der Waals surface area contributed by atoms with Gasteiger partial charge in [-0.3, -0.25) is 4.68 Å². The normalized spacial score (nSPS) is 12.8. The molecule has 0 aliphatic carbocycles. The first kappa shape index (κ1) is 12.0. The van der Waals surface area contributed by atoms with Gasteiger partial charge in [0.1, 0.15) is 5.01 Å². The van der Waals surface area contributed by atoms with Gasteiger partial charge in [-0.05, 0) is 27.7 Å². The molecule has 0 spiro atoms. The molecule has 0 aliphatic rings. The van der Waals surface area contributed by atoms with Crippen molar-refractivity contribution in [3.63, 3.8) is 0 Å². The largest absolute Gasteiger partial charge is 0.353 e. The summed E-state index contributed by atoms with van der Waals surface area (Å²) in [4.78, 5) is 0. The lowest BCUT2D eigenvalue weighted by molar-refractivity contribution is 0.728. The molecule has 0 aromatic carbocycles. The highest BCUT2D eigenvalue weighted by atomic mass is 32.1. The van der Waals surface area contributed by atoms with E-state index < -0.39 is 0 Å². The van der Waals surface area contributed by atoms with Crippen molar-refractivity contribution < 1.29 is 0 Å². The Morgan fingerprint density at radius 3 is 2.41 bits per heavy atom. The molecule has 1 N–H and O–H groups in total. The van der Waals surface area contributed by atoms with Crippen LogP contribution in [0.2, 0.25) is 0 Å². The molecule has 17 heavy (non-hydrogen) atoms. The predicted octanol–water partition coefficient (Wildman–Crippen LogP) is 2.37. The van der Waals surface area contributed by atoms with Gasteiger partial charge >= 0.3 is 0 Å². The lowest BCUT2D eigenvalue weighted by Crippen LogP contribution is -2.08. The molecule has 1 atom stereocenters. The van der Waals surface area contributed by atoms with E-state index in [0.717, 1.165) is 15.8 Å². The van der Waals surface area contributed by atoms with Crippen LogP contribution in [0.15, 0.2) is 0 Å². The van der Waals surface area contributed by atoms with Gasteiger partial charge in [-0.15, -0.1) is 10.2 Å². The summed E-state index contributed by atoms with van der Waals surface area (Å²) in [5.74, 6) is 0. The first-order valence-electron chi connectivity index (χ1n) is 5.55. The lowest BCUT2D eigenvalue weighted by Gasteiger charge is -2.13. The maximum absolute atomic E-state index is 4.42. The predicted molar refractivity (Wildman–Crippen MR) is 69.4 cm³/mol. The first-order valence-corrected chi connectivity index (χ1v) is 6.37. The molecule has 0 amide bonds. The minimum Gasteiger partial charge on any atom is -0.353 e. The third-order valence-electron chi connectivity index (χ3n) is 2.86. The molecule has 6 heteroatoms. The minimum atomic E-state index is 0.191. The molecule has 5 nitrogen and oxygen atoms in total. The highest BCUT2D eigenvalue weighted by molar-refractivity contribution is 7.15. The quantitative estimate of drug-likeness (QED) is 0.910. The van der Waals surface area contributed by atoms with Crippen molar-refractivity contribution in [2.24, 2.45) is 7.05 Å². The number of aromatic nitrogens is 4. The van der Waals surface area contributed by atoms with Crippen LogP contribution in [0.4, 0.5) is 5.13 Å². The molecule has 0 saturated heterocycles. The topological polar surface area (TPSA) is 55.6 Å². The van der Waals surface area contributed by atoms with Gasteiger partial charge in [-0.25, -0.2) is 0 Å². The van der Waals surface area contributed by atoms with Crippen molar-refractivity contribution in [2.75, 3.05) is 5.32 Å². The molecular weight excluding hydrogens is 234 g/mol. The van der Waals surface area contributed by atoms with Crippen LogP contribution < -0.4 is 5.32 Å². The Kier molecular flexibility index (Phi) is 3.15. The summed E-state index contributed by atoms with van der Waals surface area (Å²) >= 11 is 1.57. The summed E-state index contributed by atoms with van der Waals surface area (Å²) in [6.45, 7) is 8.19. The fraction of sp³-hybridized carbons (Fsp3) is 0.545. The van der Waals surface area contributed by atoms with E-state index in [9.17, 15) is 0 Å². The first-order chi connectivity index (χ1) is 7.99. The minimum absolute atomic E-state index is 0.191. The second kappa shape index (κ2) is 4.44. The molecular formula is C11H17N5S. The average molecular weight is 251 g/mol. The van der Waals surface area contributed by atoms with Crippen molar-refractivity contribution >= 4 is 16.5 Å². The number of hydrogen-bond acceptors (Lipinski definition) is 5. The summed E-state index contributed by atoms with van der Waals surface area (Å²) in [5, 5.41) is 17.7. The fourth-order valence-electron chi connectivity index (χ4n) is 2.03. The summed E-state index contributed by atoms with van der Waals surface area (Å²) in [7, 11) is 1.97. The zero-order chi connectivity index (χ0) is 12.6. The van der Waals surface area contributed by atoms with E-state index in [4.69, 9.17) is 0 Å². The SMILES string of the molecule is Cc1nnc(NC(C)c2c(C)nn(C)c2C)s1. The van der Waals surface area contributed by atoms with Crippen LogP contribution in [0.5, 0.6) is 0 Å². The Hall–Kier alpha value is -1.43. The highest BCUT2D eigenvalue weighted by Gasteiger charge is 2.17. The Labute approximate surface area is 105 Å². The Balaban J connectivity index is 2.22. The van der Waals surface area contributed by atoms with Crippen molar-refractivity contribution in [3.05, 3.63) is 22.0 Å². The van der Waals surface area contributed by atoms with Crippen LogP contribution in [0.1, 0.15) is 34.9 Å². The Bertz CT molecular complexity index is 528. The van der Waals surface area contributed by atoms with Gasteiger partial charge in [0.25, 0.3) is 0 Å². The van der Waals surface area contributed by atoms with Gasteiger partial charge in [0.2, 0.25) is 5.13 Å². The van der Waals surface area contributed by atoms with E-state index in [1.54, 1.807) is 11.3 Å².